The predicted molar refractivity (Wildman–Crippen MR) is 149 cm³/mol. The largest absolute Gasteiger partial charge is 0.496 e. The van der Waals surface area contributed by atoms with E-state index in [4.69, 9.17) is 21.1 Å². The van der Waals surface area contributed by atoms with E-state index >= 15 is 4.39 Å². The van der Waals surface area contributed by atoms with Gasteiger partial charge in [-0.2, -0.15) is 0 Å². The van der Waals surface area contributed by atoms with Crippen LogP contribution in [0, 0.1) is 11.6 Å². The minimum Gasteiger partial charge on any atom is -0.496 e. The summed E-state index contributed by atoms with van der Waals surface area (Å²) in [6, 6.07) is 4.66. The van der Waals surface area contributed by atoms with Crippen molar-refractivity contribution in [3.8, 4) is 16.9 Å². The van der Waals surface area contributed by atoms with Crippen molar-refractivity contribution in [2.75, 3.05) is 31.4 Å². The van der Waals surface area contributed by atoms with Crippen LogP contribution in [0.5, 0.6) is 5.75 Å². The highest BCUT2D eigenvalue weighted by molar-refractivity contribution is 7.90. The summed E-state index contributed by atoms with van der Waals surface area (Å²) >= 11 is 6.55. The van der Waals surface area contributed by atoms with Gasteiger partial charge in [-0.15, -0.1) is 0 Å². The van der Waals surface area contributed by atoms with Gasteiger partial charge in [0.05, 0.1) is 17.7 Å². The average Bonchev–Trinajstić information content (AvgIpc) is 2.84. The van der Waals surface area contributed by atoms with Crippen LogP contribution in [0.15, 0.2) is 29.4 Å². The fraction of sp³-hybridized carbons (Fsp3) is 0.444. The number of amides is 1. The van der Waals surface area contributed by atoms with Crippen LogP contribution in [0.2, 0.25) is 5.02 Å². The highest BCUT2D eigenvalue weighted by Crippen LogP contribution is 2.43. The van der Waals surface area contributed by atoms with Crippen molar-refractivity contribution < 1.29 is 31.5 Å². The number of hydrogen-bond donors (Lipinski definition) is 0. The van der Waals surface area contributed by atoms with Crippen LogP contribution >= 0.6 is 11.6 Å². The standard InChI is InChI=1S/C27H31ClF2N4O5S/c1-14-13-34(26(35)39-27(3,4)5)15(2)12-33(14)24-16-11-17(28)20(21-18(29)9-8-10-19(21)38-6)22(30)23(16)31-25(32-24)40(7,36)37/h8-11,14-15H,12-13H2,1-7H3/t14-,15+/m0/s1. The molecule has 0 unspecified atom stereocenters. The average molecular weight is 597 g/mol. The number of benzene rings is 2. The van der Waals surface area contributed by atoms with E-state index in [-0.39, 0.29) is 63.8 Å². The van der Waals surface area contributed by atoms with Crippen LogP contribution < -0.4 is 9.64 Å². The maximum atomic E-state index is 16.2. The van der Waals surface area contributed by atoms with Gasteiger partial charge in [-0.25, -0.2) is 32.0 Å². The molecule has 13 heteroatoms. The molecule has 40 heavy (non-hydrogen) atoms. The zero-order valence-corrected chi connectivity index (χ0v) is 24.8. The molecular formula is C27H31ClF2N4O5S. The molecule has 0 spiro atoms. The van der Waals surface area contributed by atoms with Gasteiger partial charge in [0.2, 0.25) is 15.0 Å². The summed E-state index contributed by atoms with van der Waals surface area (Å²) in [5.41, 5.74) is -1.56. The van der Waals surface area contributed by atoms with Crippen LogP contribution in [0.3, 0.4) is 0 Å². The van der Waals surface area contributed by atoms with Gasteiger partial charge in [0.25, 0.3) is 0 Å². The Balaban J connectivity index is 1.91. The van der Waals surface area contributed by atoms with Gasteiger partial charge in [0.1, 0.15) is 28.5 Å². The minimum atomic E-state index is -3.99. The molecule has 3 aromatic rings. The van der Waals surface area contributed by atoms with E-state index in [0.29, 0.717) is 0 Å². The van der Waals surface area contributed by atoms with Crippen LogP contribution in [-0.2, 0) is 14.6 Å². The molecular weight excluding hydrogens is 566 g/mol. The topological polar surface area (TPSA) is 102 Å². The second kappa shape index (κ2) is 10.6. The molecule has 1 fully saturated rings. The first-order chi connectivity index (χ1) is 18.5. The quantitative estimate of drug-likeness (QED) is 0.365. The van der Waals surface area contributed by atoms with Gasteiger partial charge >= 0.3 is 6.09 Å². The van der Waals surface area contributed by atoms with Crippen LogP contribution in [0.4, 0.5) is 19.4 Å². The minimum absolute atomic E-state index is 0.0403. The lowest BCUT2D eigenvalue weighted by molar-refractivity contribution is 0.0130. The van der Waals surface area contributed by atoms with Crippen LogP contribution in [0.25, 0.3) is 22.0 Å². The SMILES string of the molecule is COc1cccc(F)c1-c1c(Cl)cc2c(N3C[C@@H](C)N(C(=O)OC(C)(C)C)C[C@@H]3C)nc(S(C)(=O)=O)nc2c1F. The predicted octanol–water partition coefficient (Wildman–Crippen LogP) is 5.47. The molecule has 0 saturated carbocycles. The van der Waals surface area contributed by atoms with Gasteiger partial charge < -0.3 is 19.3 Å². The Morgan fingerprint density at radius 1 is 1.10 bits per heavy atom. The molecule has 0 bridgehead atoms. The third-order valence-electron chi connectivity index (χ3n) is 6.51. The molecule has 0 N–H and O–H groups in total. The zero-order chi connectivity index (χ0) is 29.7. The van der Waals surface area contributed by atoms with Crippen molar-refractivity contribution in [1.29, 1.82) is 0 Å². The summed E-state index contributed by atoms with van der Waals surface area (Å²) in [4.78, 5) is 24.5. The van der Waals surface area contributed by atoms with Crippen LogP contribution in [-0.4, -0.2) is 73.5 Å². The van der Waals surface area contributed by atoms with E-state index in [1.54, 1.807) is 30.6 Å². The number of carbonyl (C=O) groups is 1. The maximum absolute atomic E-state index is 16.2. The third kappa shape index (κ3) is 5.64. The lowest BCUT2D eigenvalue weighted by atomic mass is 10.00. The van der Waals surface area contributed by atoms with Crippen molar-refractivity contribution in [2.24, 2.45) is 0 Å². The number of halogens is 3. The molecule has 0 radical (unpaired) electrons. The smallest absolute Gasteiger partial charge is 0.410 e. The molecule has 1 aromatic heterocycles. The summed E-state index contributed by atoms with van der Waals surface area (Å²) in [5.74, 6) is -1.63. The second-order valence-electron chi connectivity index (χ2n) is 10.8. The van der Waals surface area contributed by atoms with E-state index in [2.05, 4.69) is 9.97 Å². The fourth-order valence-electron chi connectivity index (χ4n) is 4.69. The first kappa shape index (κ1) is 29.7. The third-order valence-corrected chi connectivity index (χ3v) is 7.65. The van der Waals surface area contributed by atoms with Gasteiger partial charge in [0, 0.05) is 42.4 Å². The highest BCUT2D eigenvalue weighted by Gasteiger charge is 2.37. The molecule has 2 atom stereocenters. The monoisotopic (exact) mass is 596 g/mol. The Bertz CT molecular complexity index is 1600. The Labute approximate surface area is 237 Å². The van der Waals surface area contributed by atoms with Crippen molar-refractivity contribution in [3.05, 3.63) is 40.9 Å². The molecule has 2 aromatic carbocycles. The van der Waals surface area contributed by atoms with Crippen molar-refractivity contribution >= 4 is 44.3 Å². The van der Waals surface area contributed by atoms with E-state index in [1.165, 1.54) is 25.3 Å². The summed E-state index contributed by atoms with van der Waals surface area (Å²) in [7, 11) is -2.68. The highest BCUT2D eigenvalue weighted by atomic mass is 35.5. The number of anilines is 1. The molecule has 1 saturated heterocycles. The zero-order valence-electron chi connectivity index (χ0n) is 23.3. The number of fused-ring (bicyclic) bond motifs is 1. The Kier molecular flexibility index (Phi) is 7.89. The lowest BCUT2D eigenvalue weighted by Gasteiger charge is -2.45. The fourth-order valence-corrected chi connectivity index (χ4v) is 5.48. The number of piperazine rings is 1. The number of ether oxygens (including phenoxy) is 2. The van der Waals surface area contributed by atoms with Crippen molar-refractivity contribution in [1.82, 2.24) is 14.9 Å². The van der Waals surface area contributed by atoms with E-state index in [0.717, 1.165) is 12.3 Å². The van der Waals surface area contributed by atoms with E-state index in [9.17, 15) is 17.6 Å². The molecule has 216 valence electrons. The Morgan fingerprint density at radius 3 is 2.38 bits per heavy atom. The van der Waals surface area contributed by atoms with Gasteiger partial charge in [0.15, 0.2) is 5.82 Å². The second-order valence-corrected chi connectivity index (χ2v) is 13.2. The number of hydrogen-bond acceptors (Lipinski definition) is 8. The number of rotatable bonds is 4. The first-order valence-corrected chi connectivity index (χ1v) is 14.8. The molecule has 4 rings (SSSR count). The molecule has 9 nitrogen and oxygen atoms in total. The van der Waals surface area contributed by atoms with Crippen LogP contribution in [0.1, 0.15) is 34.6 Å². The molecule has 1 aliphatic rings. The normalized spacial score (nSPS) is 18.2. The van der Waals surface area contributed by atoms with Gasteiger partial charge in [-0.3, -0.25) is 0 Å². The number of aromatic nitrogens is 2. The van der Waals surface area contributed by atoms with E-state index < -0.39 is 38.3 Å². The number of methoxy groups -OCH3 is 1. The maximum Gasteiger partial charge on any atom is 0.410 e. The van der Waals surface area contributed by atoms with Gasteiger partial charge in [-0.05, 0) is 52.8 Å². The van der Waals surface area contributed by atoms with E-state index in [1.807, 2.05) is 13.8 Å². The Morgan fingerprint density at radius 2 is 1.77 bits per heavy atom. The lowest BCUT2D eigenvalue weighted by Crippen LogP contribution is -2.59. The number of carbonyl (C=O) groups excluding carboxylic acids is 1. The first-order valence-electron chi connectivity index (χ1n) is 12.5. The summed E-state index contributed by atoms with van der Waals surface area (Å²) in [6.07, 6.45) is 0.437. The van der Waals surface area contributed by atoms with Crippen molar-refractivity contribution in [3.63, 3.8) is 0 Å². The molecule has 1 aliphatic heterocycles. The summed E-state index contributed by atoms with van der Waals surface area (Å²) in [6.45, 7) is 9.44. The summed E-state index contributed by atoms with van der Waals surface area (Å²) < 4.78 is 67.1. The molecule has 0 aliphatic carbocycles. The molecule has 2 heterocycles. The van der Waals surface area contributed by atoms with Gasteiger partial charge in [-0.1, -0.05) is 17.7 Å². The Hall–Kier alpha value is -3.25. The summed E-state index contributed by atoms with van der Waals surface area (Å²) in [5, 5.41) is -0.603. The molecule has 1 amide bonds. The number of sulfone groups is 1. The number of nitrogens with zero attached hydrogens (tertiary/aromatic N) is 4. The van der Waals surface area contributed by atoms with Crippen molar-refractivity contribution in [2.45, 2.75) is 57.5 Å².